The van der Waals surface area contributed by atoms with Gasteiger partial charge >= 0.3 is 6.03 Å². The predicted octanol–water partition coefficient (Wildman–Crippen LogP) is 2.13. The number of hydrogen-bond donors (Lipinski definition) is 2. The maximum atomic E-state index is 12.0. The molecule has 0 aliphatic heterocycles. The molecule has 20 heavy (non-hydrogen) atoms. The van der Waals surface area contributed by atoms with Crippen LogP contribution >= 0.6 is 0 Å². The molecule has 0 fully saturated rings. The number of carbonyl (C=O) groups excluding carboxylic acids is 1. The number of urea groups is 1. The van der Waals surface area contributed by atoms with Gasteiger partial charge in [0.25, 0.3) is 0 Å². The molecular formula is C16H24N2O2. The average molecular weight is 276 g/mol. The van der Waals surface area contributed by atoms with Crippen LogP contribution in [0.2, 0.25) is 0 Å². The highest BCUT2D eigenvalue weighted by molar-refractivity contribution is 5.74. The first-order valence-corrected chi connectivity index (χ1v) is 7.47. The molecule has 1 unspecified atom stereocenters. The molecule has 0 aromatic heterocycles. The molecule has 1 aliphatic rings. The van der Waals surface area contributed by atoms with Gasteiger partial charge < -0.3 is 15.3 Å². The Bertz CT molecular complexity index is 448. The van der Waals surface area contributed by atoms with E-state index in [0.29, 0.717) is 25.6 Å². The molecule has 1 aromatic carbocycles. The minimum absolute atomic E-state index is 0.00746. The van der Waals surface area contributed by atoms with E-state index in [2.05, 4.69) is 29.6 Å². The number of rotatable bonds is 5. The van der Waals surface area contributed by atoms with Gasteiger partial charge in [0.2, 0.25) is 0 Å². The number of aliphatic hydroxyl groups is 1. The summed E-state index contributed by atoms with van der Waals surface area (Å²) in [6.45, 7) is 3.62. The fourth-order valence-corrected chi connectivity index (χ4v) is 2.91. The molecular weight excluding hydrogens is 252 g/mol. The number of benzene rings is 1. The van der Waals surface area contributed by atoms with Crippen molar-refractivity contribution in [3.63, 3.8) is 0 Å². The van der Waals surface area contributed by atoms with E-state index in [4.69, 9.17) is 5.11 Å². The zero-order chi connectivity index (χ0) is 14.4. The molecule has 1 aliphatic carbocycles. The first kappa shape index (κ1) is 14.9. The number of nitrogens with zero attached hydrogens (tertiary/aromatic N) is 1. The van der Waals surface area contributed by atoms with Gasteiger partial charge in [-0.1, -0.05) is 24.3 Å². The molecule has 1 aromatic rings. The van der Waals surface area contributed by atoms with E-state index in [1.54, 1.807) is 4.90 Å². The van der Waals surface area contributed by atoms with Crippen molar-refractivity contribution in [2.24, 2.45) is 0 Å². The number of fused-ring (bicyclic) bond motifs is 1. The lowest BCUT2D eigenvalue weighted by Gasteiger charge is -2.27. The Balaban J connectivity index is 1.93. The summed E-state index contributed by atoms with van der Waals surface area (Å²) < 4.78 is 0. The first-order chi connectivity index (χ1) is 9.76. The molecule has 2 N–H and O–H groups in total. The van der Waals surface area contributed by atoms with E-state index in [1.165, 1.54) is 17.5 Å². The SMILES string of the molecule is CCN(CCO)C(=O)NCC1CCCc2ccccc21. The summed E-state index contributed by atoms with van der Waals surface area (Å²) in [6.07, 6.45) is 3.46. The summed E-state index contributed by atoms with van der Waals surface area (Å²) in [5.41, 5.74) is 2.80. The summed E-state index contributed by atoms with van der Waals surface area (Å²) in [4.78, 5) is 13.7. The second-order valence-corrected chi connectivity index (χ2v) is 5.28. The highest BCUT2D eigenvalue weighted by atomic mass is 16.3. The van der Waals surface area contributed by atoms with Gasteiger partial charge in [-0.3, -0.25) is 0 Å². The van der Waals surface area contributed by atoms with Crippen LogP contribution in [-0.4, -0.2) is 42.3 Å². The van der Waals surface area contributed by atoms with Crippen LogP contribution < -0.4 is 5.32 Å². The lowest BCUT2D eigenvalue weighted by Crippen LogP contribution is -2.43. The summed E-state index contributed by atoms with van der Waals surface area (Å²) >= 11 is 0. The van der Waals surface area contributed by atoms with Crippen LogP contribution in [-0.2, 0) is 6.42 Å². The second kappa shape index (κ2) is 7.29. The van der Waals surface area contributed by atoms with E-state index in [-0.39, 0.29) is 12.6 Å². The van der Waals surface area contributed by atoms with Crippen LogP contribution in [0.5, 0.6) is 0 Å². The molecule has 2 rings (SSSR count). The fourth-order valence-electron chi connectivity index (χ4n) is 2.91. The van der Waals surface area contributed by atoms with Crippen molar-refractivity contribution in [3.8, 4) is 0 Å². The highest BCUT2D eigenvalue weighted by Crippen LogP contribution is 2.30. The molecule has 4 heteroatoms. The van der Waals surface area contributed by atoms with Gasteiger partial charge in [-0.2, -0.15) is 0 Å². The van der Waals surface area contributed by atoms with Crippen molar-refractivity contribution < 1.29 is 9.90 Å². The lowest BCUT2D eigenvalue weighted by molar-refractivity contribution is 0.179. The predicted molar refractivity (Wildman–Crippen MR) is 79.9 cm³/mol. The van der Waals surface area contributed by atoms with Gasteiger partial charge in [0.05, 0.1) is 6.61 Å². The summed E-state index contributed by atoms with van der Waals surface area (Å²) in [7, 11) is 0. The van der Waals surface area contributed by atoms with Crippen LogP contribution in [0.1, 0.15) is 36.8 Å². The Kier molecular flexibility index (Phi) is 5.41. The molecule has 0 saturated heterocycles. The minimum atomic E-state index is -0.0791. The van der Waals surface area contributed by atoms with Crippen LogP contribution in [0, 0.1) is 0 Å². The van der Waals surface area contributed by atoms with E-state index in [1.807, 2.05) is 6.92 Å². The Morgan fingerprint density at radius 1 is 1.45 bits per heavy atom. The summed E-state index contributed by atoms with van der Waals surface area (Å²) in [6, 6.07) is 8.44. The number of aliphatic hydroxyl groups excluding tert-OH is 1. The number of aryl methyl sites for hydroxylation is 1. The Morgan fingerprint density at radius 3 is 3.00 bits per heavy atom. The van der Waals surface area contributed by atoms with Crippen molar-refractivity contribution in [2.75, 3.05) is 26.2 Å². The first-order valence-electron chi connectivity index (χ1n) is 7.47. The zero-order valence-corrected chi connectivity index (χ0v) is 12.1. The molecule has 0 spiro atoms. The average Bonchev–Trinajstić information content (AvgIpc) is 2.50. The quantitative estimate of drug-likeness (QED) is 0.865. The van der Waals surface area contributed by atoms with Crippen molar-refractivity contribution in [2.45, 2.75) is 32.1 Å². The standard InChI is InChI=1S/C16H24N2O2/c1-2-18(10-11-19)16(20)17-12-14-8-5-7-13-6-3-4-9-15(13)14/h3-4,6,9,14,19H,2,5,7-8,10-12H2,1H3,(H,17,20). The van der Waals surface area contributed by atoms with Crippen molar-refractivity contribution in [1.82, 2.24) is 10.2 Å². The van der Waals surface area contributed by atoms with Crippen LogP contribution in [0.4, 0.5) is 4.79 Å². The number of nitrogens with one attached hydrogen (secondary N) is 1. The summed E-state index contributed by atoms with van der Waals surface area (Å²) in [5.74, 6) is 0.414. The molecule has 0 bridgehead atoms. The maximum absolute atomic E-state index is 12.0. The molecule has 2 amide bonds. The third-order valence-electron chi connectivity index (χ3n) is 4.03. The molecule has 0 radical (unpaired) electrons. The van der Waals surface area contributed by atoms with Crippen molar-refractivity contribution >= 4 is 6.03 Å². The number of likely N-dealkylation sites (N-methyl/N-ethyl adjacent to an activating group) is 1. The normalized spacial score (nSPS) is 17.4. The van der Waals surface area contributed by atoms with Gasteiger partial charge in [-0.25, -0.2) is 4.79 Å². The molecule has 4 nitrogen and oxygen atoms in total. The fraction of sp³-hybridized carbons (Fsp3) is 0.562. The van der Waals surface area contributed by atoms with E-state index in [9.17, 15) is 4.79 Å². The van der Waals surface area contributed by atoms with Crippen LogP contribution in [0.3, 0.4) is 0 Å². The Labute approximate surface area is 120 Å². The molecule has 0 saturated carbocycles. The van der Waals surface area contributed by atoms with Gasteiger partial charge in [0.1, 0.15) is 0 Å². The van der Waals surface area contributed by atoms with E-state index < -0.39 is 0 Å². The lowest BCUT2D eigenvalue weighted by atomic mass is 9.83. The molecule has 1 atom stereocenters. The maximum Gasteiger partial charge on any atom is 0.317 e. The Hall–Kier alpha value is -1.55. The smallest absolute Gasteiger partial charge is 0.317 e. The number of hydrogen-bond acceptors (Lipinski definition) is 2. The van der Waals surface area contributed by atoms with Crippen molar-refractivity contribution in [1.29, 1.82) is 0 Å². The monoisotopic (exact) mass is 276 g/mol. The van der Waals surface area contributed by atoms with Crippen molar-refractivity contribution in [3.05, 3.63) is 35.4 Å². The van der Waals surface area contributed by atoms with Crippen LogP contribution in [0.15, 0.2) is 24.3 Å². The largest absolute Gasteiger partial charge is 0.395 e. The van der Waals surface area contributed by atoms with Gasteiger partial charge in [0.15, 0.2) is 0 Å². The van der Waals surface area contributed by atoms with Gasteiger partial charge in [-0.05, 0) is 37.3 Å². The van der Waals surface area contributed by atoms with Gasteiger partial charge in [0, 0.05) is 25.6 Å². The highest BCUT2D eigenvalue weighted by Gasteiger charge is 2.21. The van der Waals surface area contributed by atoms with Crippen LogP contribution in [0.25, 0.3) is 0 Å². The minimum Gasteiger partial charge on any atom is -0.395 e. The second-order valence-electron chi connectivity index (χ2n) is 5.28. The van der Waals surface area contributed by atoms with E-state index >= 15 is 0 Å². The number of amides is 2. The third-order valence-corrected chi connectivity index (χ3v) is 4.03. The van der Waals surface area contributed by atoms with Gasteiger partial charge in [-0.15, -0.1) is 0 Å². The molecule has 110 valence electrons. The topological polar surface area (TPSA) is 52.6 Å². The Morgan fingerprint density at radius 2 is 2.25 bits per heavy atom. The molecule has 0 heterocycles. The summed E-state index contributed by atoms with van der Waals surface area (Å²) in [5, 5.41) is 11.9. The number of carbonyl (C=O) groups is 1. The zero-order valence-electron chi connectivity index (χ0n) is 12.1. The van der Waals surface area contributed by atoms with E-state index in [0.717, 1.165) is 12.8 Å². The third kappa shape index (κ3) is 3.51.